The third kappa shape index (κ3) is 8.32. The predicted octanol–water partition coefficient (Wildman–Crippen LogP) is 3.68. The minimum atomic E-state index is -4.53. The summed E-state index contributed by atoms with van der Waals surface area (Å²) in [5.74, 6) is -0.278. The van der Waals surface area contributed by atoms with Crippen LogP contribution in [0.4, 0.5) is 5.82 Å². The van der Waals surface area contributed by atoms with Crippen molar-refractivity contribution in [1.82, 2.24) is 39.0 Å². The molecular formula is C33H33N11O12P2. The van der Waals surface area contributed by atoms with Crippen molar-refractivity contribution in [2.75, 3.05) is 31.7 Å². The predicted molar refractivity (Wildman–Crippen MR) is 194 cm³/mol. The monoisotopic (exact) mass is 837 g/mol. The molecule has 5 aromatic rings. The molecule has 0 aliphatic carbocycles. The molecular weight excluding hydrogens is 804 g/mol. The van der Waals surface area contributed by atoms with Crippen molar-refractivity contribution < 1.29 is 50.5 Å². The van der Waals surface area contributed by atoms with E-state index in [4.69, 9.17) is 36.6 Å². The number of H-pyrrole nitrogens is 1. The Morgan fingerprint density at radius 3 is 1.97 bits per heavy atom. The second kappa shape index (κ2) is 16.9. The Bertz CT molecular complexity index is 2540. The number of carbonyl (C=O) groups excluding carboxylic acids is 1. The number of nitrogens with one attached hydrogen (secondary N) is 2. The second-order valence-electron chi connectivity index (χ2n) is 12.9. The molecule has 1 aromatic carbocycles. The SMILES string of the molecule is N#CCCOP1(=O)OCC2OC(n3cnc4c(=O)[nH]cnc43)C[C@@H]2OP(=O)(OCCC#N)OCC2OC(n3cnc4c(NC(=O)c5ccccc5)ncnc43)C[C@@H]2O1. The summed E-state index contributed by atoms with van der Waals surface area (Å²) in [4.78, 5) is 49.0. The number of nitriles is 2. The van der Waals surface area contributed by atoms with Gasteiger partial charge in [-0.05, 0) is 12.1 Å². The Kier molecular flexibility index (Phi) is 11.5. The van der Waals surface area contributed by atoms with Crippen LogP contribution in [0.5, 0.6) is 0 Å². The number of anilines is 1. The van der Waals surface area contributed by atoms with Crippen LogP contribution in [0.3, 0.4) is 0 Å². The van der Waals surface area contributed by atoms with Gasteiger partial charge in [0.15, 0.2) is 28.1 Å². The van der Waals surface area contributed by atoms with Gasteiger partial charge in [-0.25, -0.2) is 34.0 Å². The van der Waals surface area contributed by atoms with Gasteiger partial charge in [0.25, 0.3) is 11.5 Å². The molecule has 0 saturated carbocycles. The van der Waals surface area contributed by atoms with E-state index in [0.717, 1.165) is 0 Å². The number of benzene rings is 1. The highest BCUT2D eigenvalue weighted by molar-refractivity contribution is 7.48. The number of amides is 1. The van der Waals surface area contributed by atoms with E-state index in [1.54, 1.807) is 34.9 Å². The minimum Gasteiger partial charge on any atom is -0.349 e. The number of phosphoric ester groups is 2. The molecule has 0 bridgehead atoms. The Balaban J connectivity index is 1.08. The third-order valence-corrected chi connectivity index (χ3v) is 12.2. The van der Waals surface area contributed by atoms with Gasteiger partial charge in [-0.2, -0.15) is 10.5 Å². The number of nitrogens with zero attached hydrogens (tertiary/aromatic N) is 9. The van der Waals surface area contributed by atoms with E-state index in [1.807, 2.05) is 12.1 Å². The smallest absolute Gasteiger partial charge is 0.349 e. The first-order valence-corrected chi connectivity index (χ1v) is 20.7. The van der Waals surface area contributed by atoms with Crippen LogP contribution in [0.25, 0.3) is 22.3 Å². The lowest BCUT2D eigenvalue weighted by Gasteiger charge is -2.29. The highest BCUT2D eigenvalue weighted by atomic mass is 31.2. The number of aromatic amines is 1. The lowest BCUT2D eigenvalue weighted by molar-refractivity contribution is -0.0703. The summed E-state index contributed by atoms with van der Waals surface area (Å²) in [5.41, 5.74) is 0.666. The number of imidazole rings is 2. The van der Waals surface area contributed by atoms with Gasteiger partial charge in [0.2, 0.25) is 0 Å². The topological polar surface area (TPSA) is 292 Å². The van der Waals surface area contributed by atoms with Gasteiger partial charge >= 0.3 is 15.6 Å². The zero-order chi connectivity index (χ0) is 40.3. The van der Waals surface area contributed by atoms with Crippen LogP contribution in [0.2, 0.25) is 0 Å². The van der Waals surface area contributed by atoms with Crippen molar-refractivity contribution in [2.24, 2.45) is 0 Å². The maximum Gasteiger partial charge on any atom is 0.475 e. The minimum absolute atomic E-state index is 0.0304. The van der Waals surface area contributed by atoms with Crippen LogP contribution in [-0.2, 0) is 45.7 Å². The molecule has 3 aliphatic heterocycles. The van der Waals surface area contributed by atoms with Gasteiger partial charge in [-0.15, -0.1) is 0 Å². The summed E-state index contributed by atoms with van der Waals surface area (Å²) in [5, 5.41) is 21.1. The van der Waals surface area contributed by atoms with E-state index < -0.39 is 77.2 Å². The van der Waals surface area contributed by atoms with E-state index in [9.17, 15) is 29.2 Å². The summed E-state index contributed by atoms with van der Waals surface area (Å²) in [6.07, 6.45) is -1.45. The van der Waals surface area contributed by atoms with Crippen molar-refractivity contribution in [3.63, 3.8) is 0 Å². The number of hydrogen-bond donors (Lipinski definition) is 2. The van der Waals surface area contributed by atoms with E-state index in [0.29, 0.717) is 5.56 Å². The van der Waals surface area contributed by atoms with Crippen molar-refractivity contribution >= 4 is 49.7 Å². The van der Waals surface area contributed by atoms with Gasteiger partial charge in [0.1, 0.15) is 43.2 Å². The first-order valence-electron chi connectivity index (χ1n) is 17.8. The highest BCUT2D eigenvalue weighted by Gasteiger charge is 2.49. The largest absolute Gasteiger partial charge is 0.475 e. The fourth-order valence-electron chi connectivity index (χ4n) is 6.52. The van der Waals surface area contributed by atoms with Crippen LogP contribution in [0.1, 0.15) is 48.5 Å². The lowest BCUT2D eigenvalue weighted by Crippen LogP contribution is -2.33. The summed E-state index contributed by atoms with van der Waals surface area (Å²) in [6, 6.07) is 12.4. The fraction of sp³-hybridized carbons (Fsp3) is 0.424. The molecule has 3 fully saturated rings. The van der Waals surface area contributed by atoms with Gasteiger partial charge in [-0.1, -0.05) is 18.2 Å². The first-order chi connectivity index (χ1) is 28.2. The quantitative estimate of drug-likeness (QED) is 0.150. The molecule has 25 heteroatoms. The van der Waals surface area contributed by atoms with Gasteiger partial charge in [-0.3, -0.25) is 45.9 Å². The average molecular weight is 838 g/mol. The number of hydrogen-bond acceptors (Lipinski definition) is 19. The van der Waals surface area contributed by atoms with Gasteiger partial charge in [0.05, 0.1) is 70.4 Å². The zero-order valence-electron chi connectivity index (χ0n) is 30.1. The Labute approximate surface area is 327 Å². The van der Waals surface area contributed by atoms with Crippen LogP contribution in [0.15, 0.2) is 60.4 Å². The summed E-state index contributed by atoms with van der Waals surface area (Å²) < 4.78 is 79.2. The van der Waals surface area contributed by atoms with Crippen LogP contribution in [-0.4, -0.2) is 95.8 Å². The van der Waals surface area contributed by atoms with Crippen molar-refractivity contribution in [3.8, 4) is 12.1 Å². The van der Waals surface area contributed by atoms with Crippen molar-refractivity contribution in [1.29, 1.82) is 10.5 Å². The summed E-state index contributed by atoms with van der Waals surface area (Å²) in [6.45, 7) is -1.65. The Morgan fingerprint density at radius 1 is 0.810 bits per heavy atom. The molecule has 23 nitrogen and oxygen atoms in total. The van der Waals surface area contributed by atoms with Gasteiger partial charge < -0.3 is 19.8 Å². The number of carbonyl (C=O) groups is 1. The molecule has 8 rings (SSSR count). The number of ether oxygens (including phenoxy) is 2. The molecule has 1 amide bonds. The van der Waals surface area contributed by atoms with Crippen LogP contribution >= 0.6 is 15.6 Å². The molecule has 58 heavy (non-hydrogen) atoms. The van der Waals surface area contributed by atoms with Crippen molar-refractivity contribution in [3.05, 3.63) is 71.6 Å². The van der Waals surface area contributed by atoms with E-state index in [-0.39, 0.29) is 67.0 Å². The summed E-state index contributed by atoms with van der Waals surface area (Å²) in [7, 11) is -9.06. The maximum absolute atomic E-state index is 14.3. The normalized spacial score (nSPS) is 28.8. The molecule has 6 unspecified atom stereocenters. The number of rotatable bonds is 10. The average Bonchev–Trinajstić information content (AvgIpc) is 4.02. The zero-order valence-corrected chi connectivity index (χ0v) is 31.9. The Hall–Kier alpha value is -5.29. The third-order valence-electron chi connectivity index (χ3n) is 9.22. The standard InChI is InChI=1S/C33H33N11O12P2/c34-8-4-10-49-57(47)52-15-24-22(13-26(54-24)44-19-41-28-31(44)38-17-39-33(28)46)56-58(48,50-11-5-9-35)51-14-23-21(55-57)12-25(53-23)43-18-40-27-29(36-16-37-30(27)43)42-32(45)20-6-2-1-3-7-20/h1-3,6-7,16-19,21-26H,4-5,10-15H2,(H,38,39,46)(H,36,37,42,45)/t21-,22-,23?,24?,25?,26?,57?,58?/m0/s1. The maximum atomic E-state index is 14.3. The molecule has 302 valence electrons. The number of aromatic nitrogens is 8. The fourth-order valence-corrected chi connectivity index (χ4v) is 9.31. The van der Waals surface area contributed by atoms with Crippen LogP contribution < -0.4 is 10.9 Å². The number of phosphoric acid groups is 2. The molecule has 3 saturated heterocycles. The molecule has 8 atom stereocenters. The number of fused-ring (bicyclic) bond motifs is 4. The first kappa shape index (κ1) is 39.5. The summed E-state index contributed by atoms with van der Waals surface area (Å²) >= 11 is 0. The lowest BCUT2D eigenvalue weighted by atomic mass is 10.2. The van der Waals surface area contributed by atoms with E-state index in [2.05, 4.69) is 35.2 Å². The Morgan fingerprint density at radius 2 is 1.38 bits per heavy atom. The van der Waals surface area contributed by atoms with E-state index >= 15 is 0 Å². The molecule has 2 N–H and O–H groups in total. The molecule has 3 aliphatic rings. The molecule has 4 aromatic heterocycles. The van der Waals surface area contributed by atoms with E-state index in [1.165, 1.54) is 29.9 Å². The highest BCUT2D eigenvalue weighted by Crippen LogP contribution is 2.58. The molecule has 0 radical (unpaired) electrons. The molecule has 7 heterocycles. The van der Waals surface area contributed by atoms with Crippen molar-refractivity contribution in [2.45, 2.75) is 62.6 Å². The second-order valence-corrected chi connectivity index (χ2v) is 16.2. The van der Waals surface area contributed by atoms with Crippen LogP contribution in [0, 0.1) is 22.7 Å². The van der Waals surface area contributed by atoms with Gasteiger partial charge in [0, 0.05) is 18.4 Å². The molecule has 0 spiro atoms.